The standard InChI is InChI=1S/C16H24N4O4S/c1-25(22,23)20-11-4-13(5-12-20)16(21)19-9-6-14(7-10-19)24-15-3-2-8-17-18-15/h2-3,8,13-14H,4-7,9-12H2,1H3. The molecule has 0 aromatic carbocycles. The van der Waals surface area contributed by atoms with E-state index in [2.05, 4.69) is 10.2 Å². The molecule has 3 rings (SSSR count). The quantitative estimate of drug-likeness (QED) is 0.769. The minimum Gasteiger partial charge on any atom is -0.473 e. The van der Waals surface area contributed by atoms with Crippen molar-refractivity contribution in [1.82, 2.24) is 19.4 Å². The number of carbonyl (C=O) groups is 1. The number of carbonyl (C=O) groups excluding carboxylic acids is 1. The molecule has 2 aliphatic heterocycles. The van der Waals surface area contributed by atoms with Crippen molar-refractivity contribution in [3.05, 3.63) is 18.3 Å². The summed E-state index contributed by atoms with van der Waals surface area (Å²) in [6.07, 6.45) is 5.60. The third-order valence-electron chi connectivity index (χ3n) is 4.86. The molecule has 9 heteroatoms. The topological polar surface area (TPSA) is 92.7 Å². The van der Waals surface area contributed by atoms with E-state index < -0.39 is 10.0 Å². The third-order valence-corrected chi connectivity index (χ3v) is 6.16. The van der Waals surface area contributed by atoms with Gasteiger partial charge in [-0.2, -0.15) is 5.10 Å². The van der Waals surface area contributed by atoms with Gasteiger partial charge < -0.3 is 9.64 Å². The SMILES string of the molecule is CS(=O)(=O)N1CCC(C(=O)N2CCC(Oc3cccnn3)CC2)CC1. The van der Waals surface area contributed by atoms with Crippen LogP contribution in [0.15, 0.2) is 18.3 Å². The van der Waals surface area contributed by atoms with Crippen LogP contribution in [0, 0.1) is 5.92 Å². The summed E-state index contributed by atoms with van der Waals surface area (Å²) in [4.78, 5) is 14.6. The molecular weight excluding hydrogens is 344 g/mol. The summed E-state index contributed by atoms with van der Waals surface area (Å²) in [6, 6.07) is 3.56. The van der Waals surface area contributed by atoms with Crippen molar-refractivity contribution in [3.63, 3.8) is 0 Å². The van der Waals surface area contributed by atoms with Gasteiger partial charge in [0.15, 0.2) is 0 Å². The van der Waals surface area contributed by atoms with Gasteiger partial charge in [-0.05, 0) is 18.9 Å². The van der Waals surface area contributed by atoms with Gasteiger partial charge >= 0.3 is 0 Å². The van der Waals surface area contributed by atoms with E-state index in [-0.39, 0.29) is 17.9 Å². The van der Waals surface area contributed by atoms with Crippen LogP contribution in [0.4, 0.5) is 0 Å². The number of rotatable bonds is 4. The maximum atomic E-state index is 12.7. The van der Waals surface area contributed by atoms with E-state index in [4.69, 9.17) is 4.74 Å². The van der Waals surface area contributed by atoms with E-state index in [0.29, 0.717) is 44.9 Å². The lowest BCUT2D eigenvalue weighted by Gasteiger charge is -2.36. The number of sulfonamides is 1. The highest BCUT2D eigenvalue weighted by molar-refractivity contribution is 7.88. The van der Waals surface area contributed by atoms with E-state index in [1.54, 1.807) is 18.3 Å². The Hall–Kier alpha value is -1.74. The molecule has 0 N–H and O–H groups in total. The van der Waals surface area contributed by atoms with Gasteiger partial charge in [0.25, 0.3) is 0 Å². The molecule has 25 heavy (non-hydrogen) atoms. The van der Waals surface area contributed by atoms with E-state index in [1.807, 2.05) is 4.90 Å². The van der Waals surface area contributed by atoms with Crippen LogP contribution < -0.4 is 4.74 Å². The van der Waals surface area contributed by atoms with Crippen LogP contribution in [-0.2, 0) is 14.8 Å². The monoisotopic (exact) mass is 368 g/mol. The Morgan fingerprint density at radius 1 is 1.16 bits per heavy atom. The van der Waals surface area contributed by atoms with Crippen LogP contribution in [0.1, 0.15) is 25.7 Å². The van der Waals surface area contributed by atoms with Gasteiger partial charge in [-0.15, -0.1) is 5.10 Å². The highest BCUT2D eigenvalue weighted by atomic mass is 32.2. The zero-order valence-corrected chi connectivity index (χ0v) is 15.2. The summed E-state index contributed by atoms with van der Waals surface area (Å²) >= 11 is 0. The molecule has 0 spiro atoms. The van der Waals surface area contributed by atoms with Crippen LogP contribution >= 0.6 is 0 Å². The third kappa shape index (κ3) is 4.66. The van der Waals surface area contributed by atoms with Gasteiger partial charge in [0.2, 0.25) is 21.8 Å². The lowest BCUT2D eigenvalue weighted by molar-refractivity contribution is -0.138. The fourth-order valence-corrected chi connectivity index (χ4v) is 4.28. The Labute approximate surface area is 148 Å². The molecular formula is C16H24N4O4S. The first-order valence-electron chi connectivity index (χ1n) is 8.62. The van der Waals surface area contributed by atoms with Crippen molar-refractivity contribution in [1.29, 1.82) is 0 Å². The van der Waals surface area contributed by atoms with Crippen LogP contribution in [0.3, 0.4) is 0 Å². The number of nitrogens with zero attached hydrogens (tertiary/aromatic N) is 4. The fraction of sp³-hybridized carbons (Fsp3) is 0.688. The molecule has 1 aromatic heterocycles. The van der Waals surface area contributed by atoms with Gasteiger partial charge in [0, 0.05) is 57.2 Å². The molecule has 8 nitrogen and oxygen atoms in total. The minimum atomic E-state index is -3.16. The van der Waals surface area contributed by atoms with Crippen molar-refractivity contribution in [2.24, 2.45) is 5.92 Å². The molecule has 3 heterocycles. The smallest absolute Gasteiger partial charge is 0.233 e. The molecule has 2 aliphatic rings. The van der Waals surface area contributed by atoms with Crippen molar-refractivity contribution in [3.8, 4) is 5.88 Å². The molecule has 0 radical (unpaired) electrons. The van der Waals surface area contributed by atoms with Crippen LogP contribution in [0.25, 0.3) is 0 Å². The lowest BCUT2D eigenvalue weighted by atomic mass is 9.95. The van der Waals surface area contributed by atoms with Crippen molar-refractivity contribution >= 4 is 15.9 Å². The Kier molecular flexibility index (Phi) is 5.53. The summed E-state index contributed by atoms with van der Waals surface area (Å²) in [5.41, 5.74) is 0. The number of hydrogen-bond acceptors (Lipinski definition) is 6. The second-order valence-electron chi connectivity index (χ2n) is 6.64. The molecule has 2 fully saturated rings. The minimum absolute atomic E-state index is 0.0489. The van der Waals surface area contributed by atoms with Crippen LogP contribution in [0.5, 0.6) is 5.88 Å². The number of aromatic nitrogens is 2. The zero-order valence-electron chi connectivity index (χ0n) is 14.4. The predicted molar refractivity (Wildman–Crippen MR) is 91.4 cm³/mol. The molecule has 1 amide bonds. The van der Waals surface area contributed by atoms with E-state index in [9.17, 15) is 13.2 Å². The second kappa shape index (κ2) is 7.65. The van der Waals surface area contributed by atoms with Crippen molar-refractivity contribution in [2.75, 3.05) is 32.4 Å². The molecule has 0 unspecified atom stereocenters. The highest BCUT2D eigenvalue weighted by Crippen LogP contribution is 2.24. The molecule has 0 atom stereocenters. The van der Waals surface area contributed by atoms with Gasteiger partial charge in [0.1, 0.15) is 6.10 Å². The maximum absolute atomic E-state index is 12.7. The van der Waals surface area contributed by atoms with E-state index >= 15 is 0 Å². The average molecular weight is 368 g/mol. The van der Waals surface area contributed by atoms with E-state index in [0.717, 1.165) is 12.8 Å². The number of ether oxygens (including phenoxy) is 1. The summed E-state index contributed by atoms with van der Waals surface area (Å²) in [7, 11) is -3.16. The second-order valence-corrected chi connectivity index (χ2v) is 8.62. The summed E-state index contributed by atoms with van der Waals surface area (Å²) in [6.45, 7) is 2.19. The van der Waals surface area contributed by atoms with E-state index in [1.165, 1.54) is 10.6 Å². The predicted octanol–water partition coefficient (Wildman–Crippen LogP) is 0.518. The van der Waals surface area contributed by atoms with Crippen LogP contribution in [-0.4, -0.2) is 72.3 Å². The first-order valence-corrected chi connectivity index (χ1v) is 10.5. The molecule has 0 saturated carbocycles. The summed E-state index contributed by atoms with van der Waals surface area (Å²) in [5.74, 6) is 0.585. The van der Waals surface area contributed by atoms with Crippen LogP contribution in [0.2, 0.25) is 0 Å². The number of amides is 1. The van der Waals surface area contributed by atoms with Crippen molar-refractivity contribution in [2.45, 2.75) is 31.8 Å². The van der Waals surface area contributed by atoms with Gasteiger partial charge in [-0.25, -0.2) is 12.7 Å². The summed E-state index contributed by atoms with van der Waals surface area (Å²) < 4.78 is 30.4. The molecule has 0 aliphatic carbocycles. The molecule has 0 bridgehead atoms. The Morgan fingerprint density at radius 3 is 2.40 bits per heavy atom. The normalized spacial score (nSPS) is 21.2. The number of likely N-dealkylation sites (tertiary alicyclic amines) is 1. The molecule has 2 saturated heterocycles. The summed E-state index contributed by atoms with van der Waals surface area (Å²) in [5, 5.41) is 7.71. The maximum Gasteiger partial charge on any atom is 0.233 e. The lowest BCUT2D eigenvalue weighted by Crippen LogP contribution is -2.47. The number of hydrogen-bond donors (Lipinski definition) is 0. The Balaban J connectivity index is 1.46. The first kappa shape index (κ1) is 18.1. The van der Waals surface area contributed by atoms with Crippen molar-refractivity contribution < 1.29 is 17.9 Å². The average Bonchev–Trinajstić information content (AvgIpc) is 2.62. The zero-order chi connectivity index (χ0) is 17.9. The Bertz CT molecular complexity index is 681. The Morgan fingerprint density at radius 2 is 1.84 bits per heavy atom. The largest absolute Gasteiger partial charge is 0.473 e. The van der Waals surface area contributed by atoms with Gasteiger partial charge in [0.05, 0.1) is 6.26 Å². The fourth-order valence-electron chi connectivity index (χ4n) is 3.41. The van der Waals surface area contributed by atoms with Gasteiger partial charge in [-0.1, -0.05) is 0 Å². The molecule has 138 valence electrons. The number of piperidine rings is 2. The highest BCUT2D eigenvalue weighted by Gasteiger charge is 2.33. The molecule has 1 aromatic rings. The first-order chi connectivity index (χ1) is 11.9. The van der Waals surface area contributed by atoms with Gasteiger partial charge in [-0.3, -0.25) is 4.79 Å².